The Morgan fingerprint density at radius 3 is 2.62 bits per heavy atom. The van der Waals surface area contributed by atoms with Crippen LogP contribution in [0.4, 0.5) is 0 Å². The van der Waals surface area contributed by atoms with Crippen LogP contribution in [0.5, 0.6) is 0 Å². The molecule has 0 bridgehead atoms. The average molecular weight is 349 g/mol. The van der Waals surface area contributed by atoms with Crippen molar-refractivity contribution < 1.29 is 13.2 Å². The fraction of sp³-hybridized carbons (Fsp3) is 0.471. The summed E-state index contributed by atoms with van der Waals surface area (Å²) >= 11 is 0. The van der Waals surface area contributed by atoms with Crippen molar-refractivity contribution in [1.82, 2.24) is 14.3 Å². The van der Waals surface area contributed by atoms with Crippen LogP contribution < -0.4 is 4.72 Å². The molecule has 1 aromatic carbocycles. The Hall–Kier alpha value is -1.70. The largest absolute Gasteiger partial charge is 0.381 e. The first-order chi connectivity index (χ1) is 11.6. The number of sulfonamides is 1. The Bertz CT molecular complexity index is 752. The predicted molar refractivity (Wildman–Crippen MR) is 91.7 cm³/mol. The summed E-state index contributed by atoms with van der Waals surface area (Å²) in [4.78, 5) is 4.38. The van der Waals surface area contributed by atoms with Gasteiger partial charge in [0.15, 0.2) is 0 Å². The normalized spacial score (nSPS) is 17.7. The lowest BCUT2D eigenvalue weighted by atomic mass is 9.92. The number of hydrogen-bond donors (Lipinski definition) is 1. The highest BCUT2D eigenvalue weighted by Gasteiger charge is 2.31. The molecule has 1 aliphatic rings. The summed E-state index contributed by atoms with van der Waals surface area (Å²) in [5.41, 5.74) is 0.774. The lowest BCUT2D eigenvalue weighted by Crippen LogP contribution is -2.38. The maximum Gasteiger partial charge on any atom is 0.216 e. The number of ether oxygens (including phenoxy) is 1. The van der Waals surface area contributed by atoms with Gasteiger partial charge in [-0.15, -0.1) is 0 Å². The van der Waals surface area contributed by atoms with Crippen LogP contribution in [0.3, 0.4) is 0 Å². The highest BCUT2D eigenvalue weighted by atomic mass is 32.2. The van der Waals surface area contributed by atoms with Crippen molar-refractivity contribution in [2.45, 2.75) is 24.6 Å². The van der Waals surface area contributed by atoms with Gasteiger partial charge in [0, 0.05) is 32.7 Å². The van der Waals surface area contributed by atoms with E-state index >= 15 is 0 Å². The number of aromatic nitrogens is 2. The second-order valence-corrected chi connectivity index (χ2v) is 7.94. The number of imidazole rings is 1. The molecule has 0 amide bonds. The molecule has 1 atom stereocenters. The number of nitrogens with zero attached hydrogens (tertiary/aromatic N) is 2. The van der Waals surface area contributed by atoms with Crippen LogP contribution in [0, 0.1) is 5.92 Å². The summed E-state index contributed by atoms with van der Waals surface area (Å²) in [5, 5.41) is 0. The van der Waals surface area contributed by atoms with Crippen LogP contribution in [0.15, 0.2) is 42.7 Å². The molecule has 1 fully saturated rings. The van der Waals surface area contributed by atoms with Gasteiger partial charge in [-0.3, -0.25) is 0 Å². The first-order valence-corrected chi connectivity index (χ1v) is 9.79. The van der Waals surface area contributed by atoms with Crippen molar-refractivity contribution in [3.63, 3.8) is 0 Å². The summed E-state index contributed by atoms with van der Waals surface area (Å²) < 4.78 is 35.5. The van der Waals surface area contributed by atoms with E-state index in [-0.39, 0.29) is 17.7 Å². The number of hydrogen-bond acceptors (Lipinski definition) is 4. The quantitative estimate of drug-likeness (QED) is 0.866. The summed E-state index contributed by atoms with van der Waals surface area (Å²) in [5.74, 6) is 0.904. The lowest BCUT2D eigenvalue weighted by Gasteiger charge is -2.30. The average Bonchev–Trinajstić information content (AvgIpc) is 3.00. The summed E-state index contributed by atoms with van der Waals surface area (Å²) in [6.45, 7) is 1.32. The van der Waals surface area contributed by atoms with E-state index in [1.165, 1.54) is 0 Å². The molecule has 1 aromatic heterocycles. The molecular formula is C17H23N3O3S. The van der Waals surface area contributed by atoms with Crippen molar-refractivity contribution in [1.29, 1.82) is 0 Å². The van der Waals surface area contributed by atoms with Gasteiger partial charge in [-0.1, -0.05) is 30.3 Å². The van der Waals surface area contributed by atoms with E-state index in [1.807, 2.05) is 48.1 Å². The third-order valence-electron chi connectivity index (χ3n) is 4.38. The first kappa shape index (κ1) is 17.1. The van der Waals surface area contributed by atoms with Crippen LogP contribution in [-0.2, 0) is 27.6 Å². The molecule has 0 radical (unpaired) electrons. The maximum atomic E-state index is 12.7. The van der Waals surface area contributed by atoms with Crippen molar-refractivity contribution in [2.75, 3.05) is 13.2 Å². The molecule has 0 saturated carbocycles. The molecule has 2 aromatic rings. The van der Waals surface area contributed by atoms with E-state index in [2.05, 4.69) is 9.71 Å². The smallest absolute Gasteiger partial charge is 0.216 e. The minimum atomic E-state index is -3.47. The zero-order valence-corrected chi connectivity index (χ0v) is 14.6. The Labute approximate surface area is 142 Å². The van der Waals surface area contributed by atoms with E-state index in [9.17, 15) is 8.42 Å². The van der Waals surface area contributed by atoms with Crippen molar-refractivity contribution in [3.05, 3.63) is 54.1 Å². The second-order valence-electron chi connectivity index (χ2n) is 6.19. The standard InChI is InChI=1S/C17H23N3O3S/c1-20-10-9-18-17(20)16(15-7-11-23-12-8-15)19-24(21,22)13-14-5-3-2-4-6-14/h2-6,9-10,15-16,19H,7-8,11-13H2,1H3/t16-/m1/s1. The van der Waals surface area contributed by atoms with E-state index in [1.54, 1.807) is 6.20 Å². The molecule has 1 N–H and O–H groups in total. The molecule has 130 valence electrons. The minimum absolute atomic E-state index is 0.0298. The van der Waals surface area contributed by atoms with Gasteiger partial charge in [-0.2, -0.15) is 0 Å². The first-order valence-electron chi connectivity index (χ1n) is 8.14. The fourth-order valence-electron chi connectivity index (χ4n) is 3.11. The van der Waals surface area contributed by atoms with E-state index in [4.69, 9.17) is 4.74 Å². The predicted octanol–water partition coefficient (Wildman–Crippen LogP) is 2.01. The Balaban J connectivity index is 1.81. The summed E-state index contributed by atoms with van der Waals surface area (Å²) in [6, 6.07) is 8.89. The number of benzene rings is 1. The van der Waals surface area contributed by atoms with Gasteiger partial charge in [0.1, 0.15) is 5.82 Å². The number of rotatable bonds is 6. The van der Waals surface area contributed by atoms with Crippen LogP contribution in [0.25, 0.3) is 0 Å². The third-order valence-corrected chi connectivity index (χ3v) is 5.71. The number of aryl methyl sites for hydroxylation is 1. The molecule has 0 aliphatic carbocycles. The molecular weight excluding hydrogens is 326 g/mol. The molecule has 1 saturated heterocycles. The molecule has 6 nitrogen and oxygen atoms in total. The van der Waals surface area contributed by atoms with Crippen molar-refractivity contribution >= 4 is 10.0 Å². The summed E-state index contributed by atoms with van der Waals surface area (Å²) in [7, 11) is -1.58. The van der Waals surface area contributed by atoms with Crippen LogP contribution in [-0.4, -0.2) is 31.2 Å². The molecule has 0 unspecified atom stereocenters. The van der Waals surface area contributed by atoms with Gasteiger partial charge < -0.3 is 9.30 Å². The Kier molecular flexibility index (Phi) is 5.33. The monoisotopic (exact) mass is 349 g/mol. The van der Waals surface area contributed by atoms with E-state index in [0.717, 1.165) is 24.2 Å². The summed E-state index contributed by atoms with van der Waals surface area (Å²) in [6.07, 6.45) is 5.19. The van der Waals surface area contributed by atoms with Gasteiger partial charge in [0.25, 0.3) is 0 Å². The minimum Gasteiger partial charge on any atom is -0.381 e. The molecule has 0 spiro atoms. The van der Waals surface area contributed by atoms with Crippen LogP contribution in [0.1, 0.15) is 30.3 Å². The molecule has 1 aliphatic heterocycles. The maximum absolute atomic E-state index is 12.7. The highest BCUT2D eigenvalue weighted by molar-refractivity contribution is 7.88. The molecule has 2 heterocycles. The zero-order chi connectivity index (χ0) is 17.0. The molecule has 24 heavy (non-hydrogen) atoms. The van der Waals surface area contributed by atoms with Crippen LogP contribution in [0.2, 0.25) is 0 Å². The van der Waals surface area contributed by atoms with Gasteiger partial charge in [0.05, 0.1) is 11.8 Å². The fourth-order valence-corrected chi connectivity index (χ4v) is 4.51. The molecule has 3 rings (SSSR count). The number of nitrogens with one attached hydrogen (secondary N) is 1. The van der Waals surface area contributed by atoms with Gasteiger partial charge >= 0.3 is 0 Å². The van der Waals surface area contributed by atoms with Gasteiger partial charge in [0.2, 0.25) is 10.0 Å². The van der Waals surface area contributed by atoms with Gasteiger partial charge in [-0.05, 0) is 24.3 Å². The Morgan fingerprint density at radius 1 is 1.29 bits per heavy atom. The highest BCUT2D eigenvalue weighted by Crippen LogP contribution is 2.30. The van der Waals surface area contributed by atoms with E-state index < -0.39 is 10.0 Å². The SMILES string of the molecule is Cn1ccnc1[C@H](NS(=O)(=O)Cc1ccccc1)C1CCOCC1. The lowest BCUT2D eigenvalue weighted by molar-refractivity contribution is 0.0551. The Morgan fingerprint density at radius 2 is 2.00 bits per heavy atom. The van der Waals surface area contributed by atoms with Crippen LogP contribution >= 0.6 is 0 Å². The third kappa shape index (κ3) is 4.23. The van der Waals surface area contributed by atoms with E-state index in [0.29, 0.717) is 13.2 Å². The molecule has 7 heteroatoms. The zero-order valence-electron chi connectivity index (χ0n) is 13.8. The second kappa shape index (κ2) is 7.46. The van der Waals surface area contributed by atoms with Gasteiger partial charge in [-0.25, -0.2) is 18.1 Å². The van der Waals surface area contributed by atoms with Crippen molar-refractivity contribution in [2.24, 2.45) is 13.0 Å². The topological polar surface area (TPSA) is 73.2 Å². The van der Waals surface area contributed by atoms with Crippen molar-refractivity contribution in [3.8, 4) is 0 Å².